The van der Waals surface area contributed by atoms with Gasteiger partial charge in [-0.2, -0.15) is 0 Å². The van der Waals surface area contributed by atoms with E-state index in [0.29, 0.717) is 22.9 Å². The summed E-state index contributed by atoms with van der Waals surface area (Å²) in [7, 11) is 4.69. The summed E-state index contributed by atoms with van der Waals surface area (Å²) in [6.45, 7) is 0. The highest BCUT2D eigenvalue weighted by molar-refractivity contribution is 6.04. The van der Waals surface area contributed by atoms with Gasteiger partial charge in [-0.1, -0.05) is 0 Å². The first-order valence-corrected chi connectivity index (χ1v) is 8.53. The number of nitrogens with one attached hydrogen (secondary N) is 2. The zero-order valence-electron chi connectivity index (χ0n) is 15.9. The molecule has 3 rings (SSSR count). The average Bonchev–Trinajstić information content (AvgIpc) is 2.75. The number of amides is 1. The lowest BCUT2D eigenvalue weighted by Gasteiger charge is -2.10. The van der Waals surface area contributed by atoms with Gasteiger partial charge in [-0.25, -0.2) is 4.98 Å². The zero-order chi connectivity index (χ0) is 19.9. The Hall–Kier alpha value is -3.74. The molecule has 0 aliphatic rings. The third-order valence-corrected chi connectivity index (χ3v) is 4.00. The Morgan fingerprint density at radius 1 is 0.786 bits per heavy atom. The van der Waals surface area contributed by atoms with Crippen LogP contribution in [0.15, 0.2) is 60.8 Å². The van der Waals surface area contributed by atoms with Crippen LogP contribution in [0.1, 0.15) is 10.4 Å². The normalized spacial score (nSPS) is 10.1. The minimum atomic E-state index is -0.305. The molecule has 0 radical (unpaired) electrons. The molecular formula is C21H21N3O4. The first-order chi connectivity index (χ1) is 13.6. The van der Waals surface area contributed by atoms with Gasteiger partial charge >= 0.3 is 0 Å². The molecule has 28 heavy (non-hydrogen) atoms. The van der Waals surface area contributed by atoms with Gasteiger partial charge in [0.1, 0.15) is 23.1 Å². The largest absolute Gasteiger partial charge is 0.497 e. The summed E-state index contributed by atoms with van der Waals surface area (Å²) in [5.74, 6) is 2.00. The smallest absolute Gasteiger partial charge is 0.257 e. The Morgan fingerprint density at radius 3 is 1.93 bits per heavy atom. The summed E-state index contributed by atoms with van der Waals surface area (Å²) in [5, 5.41) is 6.00. The molecule has 0 aliphatic carbocycles. The molecule has 0 bridgehead atoms. The van der Waals surface area contributed by atoms with Crippen LogP contribution >= 0.6 is 0 Å². The maximum absolute atomic E-state index is 12.5. The second kappa shape index (κ2) is 8.77. The van der Waals surface area contributed by atoms with Crippen molar-refractivity contribution >= 4 is 23.1 Å². The van der Waals surface area contributed by atoms with Crippen LogP contribution in [0.5, 0.6) is 17.2 Å². The fraction of sp³-hybridized carbons (Fsp3) is 0.143. The third-order valence-electron chi connectivity index (χ3n) is 4.00. The van der Waals surface area contributed by atoms with Crippen molar-refractivity contribution in [2.75, 3.05) is 32.0 Å². The van der Waals surface area contributed by atoms with E-state index < -0.39 is 0 Å². The number of carbonyl (C=O) groups is 1. The van der Waals surface area contributed by atoms with E-state index in [-0.39, 0.29) is 5.91 Å². The number of ether oxygens (including phenoxy) is 3. The fourth-order valence-corrected chi connectivity index (χ4v) is 2.51. The first kappa shape index (κ1) is 19.0. The molecule has 0 unspecified atom stereocenters. The monoisotopic (exact) mass is 379 g/mol. The molecule has 0 atom stereocenters. The second-order valence-electron chi connectivity index (χ2n) is 5.84. The molecule has 2 aromatic carbocycles. The van der Waals surface area contributed by atoms with Gasteiger partial charge in [0.25, 0.3) is 5.91 Å². The molecule has 0 saturated carbocycles. The van der Waals surface area contributed by atoms with Crippen molar-refractivity contribution in [2.45, 2.75) is 0 Å². The van der Waals surface area contributed by atoms with Gasteiger partial charge in [0.05, 0.1) is 33.2 Å². The summed E-state index contributed by atoms with van der Waals surface area (Å²) in [6.07, 6.45) is 1.64. The number of aromatic nitrogens is 1. The first-order valence-electron chi connectivity index (χ1n) is 8.53. The van der Waals surface area contributed by atoms with E-state index in [0.717, 1.165) is 17.1 Å². The minimum Gasteiger partial charge on any atom is -0.497 e. The number of hydrogen-bond donors (Lipinski definition) is 2. The van der Waals surface area contributed by atoms with Crippen LogP contribution in [-0.2, 0) is 0 Å². The molecular weight excluding hydrogens is 358 g/mol. The Balaban J connectivity index is 1.67. The van der Waals surface area contributed by atoms with E-state index in [1.807, 2.05) is 30.3 Å². The number of nitrogens with zero attached hydrogens (tertiary/aromatic N) is 1. The lowest BCUT2D eigenvalue weighted by atomic mass is 10.2. The standard InChI is InChI=1S/C21H21N3O4/c1-26-17-7-4-15(5-8-17)23-16-6-9-20(22-13-16)24-21(25)14-10-18(27-2)12-19(11-14)28-3/h4-13,23H,1-3H3,(H,22,24,25). The molecule has 1 amide bonds. The second-order valence-corrected chi connectivity index (χ2v) is 5.84. The quantitative estimate of drug-likeness (QED) is 0.643. The van der Waals surface area contributed by atoms with Gasteiger partial charge in [-0.3, -0.25) is 4.79 Å². The van der Waals surface area contributed by atoms with Crippen molar-refractivity contribution in [2.24, 2.45) is 0 Å². The minimum absolute atomic E-state index is 0.305. The van der Waals surface area contributed by atoms with Crippen LogP contribution in [0.25, 0.3) is 0 Å². The van der Waals surface area contributed by atoms with Crippen LogP contribution in [0, 0.1) is 0 Å². The summed E-state index contributed by atoms with van der Waals surface area (Å²) in [6, 6.07) is 16.1. The molecule has 1 heterocycles. The van der Waals surface area contributed by atoms with Crippen molar-refractivity contribution in [3.8, 4) is 17.2 Å². The molecule has 144 valence electrons. The van der Waals surface area contributed by atoms with Crippen LogP contribution in [0.4, 0.5) is 17.2 Å². The van der Waals surface area contributed by atoms with Gasteiger partial charge in [-0.05, 0) is 48.5 Å². The maximum Gasteiger partial charge on any atom is 0.257 e. The summed E-state index contributed by atoms with van der Waals surface area (Å²) < 4.78 is 15.5. The van der Waals surface area contributed by atoms with Gasteiger partial charge in [0, 0.05) is 17.3 Å². The van der Waals surface area contributed by atoms with Crippen molar-refractivity contribution in [3.05, 3.63) is 66.4 Å². The van der Waals surface area contributed by atoms with Crippen molar-refractivity contribution in [3.63, 3.8) is 0 Å². The highest BCUT2D eigenvalue weighted by Crippen LogP contribution is 2.24. The SMILES string of the molecule is COc1ccc(Nc2ccc(NC(=O)c3cc(OC)cc(OC)c3)nc2)cc1. The average molecular weight is 379 g/mol. The van der Waals surface area contributed by atoms with Crippen molar-refractivity contribution in [1.29, 1.82) is 0 Å². The highest BCUT2D eigenvalue weighted by atomic mass is 16.5. The molecule has 7 heteroatoms. The summed E-state index contributed by atoms with van der Waals surface area (Å²) in [4.78, 5) is 16.8. The summed E-state index contributed by atoms with van der Waals surface area (Å²) in [5.41, 5.74) is 2.12. The van der Waals surface area contributed by atoms with Crippen LogP contribution in [0.2, 0.25) is 0 Å². The third kappa shape index (κ3) is 4.70. The van der Waals surface area contributed by atoms with E-state index in [9.17, 15) is 4.79 Å². The Bertz CT molecular complexity index is 919. The Morgan fingerprint density at radius 2 is 1.39 bits per heavy atom. The predicted octanol–water partition coefficient (Wildman–Crippen LogP) is 4.10. The van der Waals surface area contributed by atoms with Gasteiger partial charge in [0.2, 0.25) is 0 Å². The van der Waals surface area contributed by atoms with E-state index in [1.165, 1.54) is 14.2 Å². The van der Waals surface area contributed by atoms with E-state index in [4.69, 9.17) is 14.2 Å². The Labute approximate surface area is 163 Å². The molecule has 7 nitrogen and oxygen atoms in total. The number of hydrogen-bond acceptors (Lipinski definition) is 6. The topological polar surface area (TPSA) is 81.7 Å². The van der Waals surface area contributed by atoms with E-state index >= 15 is 0 Å². The van der Waals surface area contributed by atoms with Gasteiger partial charge in [-0.15, -0.1) is 0 Å². The van der Waals surface area contributed by atoms with Crippen LogP contribution < -0.4 is 24.8 Å². The molecule has 0 spiro atoms. The highest BCUT2D eigenvalue weighted by Gasteiger charge is 2.11. The number of rotatable bonds is 7. The Kier molecular flexibility index (Phi) is 5.96. The van der Waals surface area contributed by atoms with Crippen LogP contribution in [-0.4, -0.2) is 32.2 Å². The molecule has 1 aromatic heterocycles. The van der Waals surface area contributed by atoms with Crippen molar-refractivity contribution < 1.29 is 19.0 Å². The van der Waals surface area contributed by atoms with E-state index in [2.05, 4.69) is 15.6 Å². The molecule has 0 aliphatic heterocycles. The van der Waals surface area contributed by atoms with Gasteiger partial charge < -0.3 is 24.8 Å². The van der Waals surface area contributed by atoms with Crippen LogP contribution in [0.3, 0.4) is 0 Å². The molecule has 3 aromatic rings. The maximum atomic E-state index is 12.5. The number of methoxy groups -OCH3 is 3. The molecule has 2 N–H and O–H groups in total. The van der Waals surface area contributed by atoms with Gasteiger partial charge in [0.15, 0.2) is 0 Å². The predicted molar refractivity (Wildman–Crippen MR) is 108 cm³/mol. The number of pyridine rings is 1. The summed E-state index contributed by atoms with van der Waals surface area (Å²) >= 11 is 0. The van der Waals surface area contributed by atoms with Crippen molar-refractivity contribution in [1.82, 2.24) is 4.98 Å². The zero-order valence-corrected chi connectivity index (χ0v) is 15.9. The van der Waals surface area contributed by atoms with E-state index in [1.54, 1.807) is 37.6 Å². The molecule has 0 saturated heterocycles. The lowest BCUT2D eigenvalue weighted by molar-refractivity contribution is 0.102. The molecule has 0 fully saturated rings. The number of anilines is 3. The number of carbonyl (C=O) groups excluding carboxylic acids is 1. The fourth-order valence-electron chi connectivity index (χ4n) is 2.51. The lowest BCUT2D eigenvalue weighted by Crippen LogP contribution is -2.13. The number of benzene rings is 2.